The first-order valence-corrected chi connectivity index (χ1v) is 7.07. The molecule has 0 bridgehead atoms. The van der Waals surface area contributed by atoms with Crippen LogP contribution in [0, 0.1) is 0 Å². The van der Waals surface area contributed by atoms with Crippen LogP contribution >= 0.6 is 6.49 Å². The molecule has 0 heterocycles. The molecule has 0 fully saturated rings. The Labute approximate surface area is 74.4 Å². The maximum absolute atomic E-state index is 5.38. The van der Waals surface area contributed by atoms with Gasteiger partial charge in [-0.3, -0.25) is 0 Å². The van der Waals surface area contributed by atoms with E-state index in [-0.39, 0.29) is 0 Å². The lowest BCUT2D eigenvalue weighted by molar-refractivity contribution is 0.251. The van der Waals surface area contributed by atoms with Crippen LogP contribution in [0.4, 0.5) is 0 Å². The molecule has 0 rings (SSSR count). The first-order valence-electron chi connectivity index (χ1n) is 3.99. The summed E-state index contributed by atoms with van der Waals surface area (Å²) in [7, 11) is 0. The Morgan fingerprint density at radius 3 is 1.73 bits per heavy atom. The summed E-state index contributed by atoms with van der Waals surface area (Å²) in [6.07, 6.45) is 2.00. The first kappa shape index (κ1) is 11.6. The molecule has 0 aromatic heterocycles. The normalized spacial score (nSPS) is 11.9. The van der Waals surface area contributed by atoms with Crippen molar-refractivity contribution < 1.29 is 9.05 Å². The standard InChI is InChI=1S/C7H17O2PS/c1-4-6-8-10(3,11)9-7-5-2/h4-7H2,1-3H3. The lowest BCUT2D eigenvalue weighted by Gasteiger charge is -2.16. The van der Waals surface area contributed by atoms with Crippen LogP contribution in [-0.2, 0) is 20.9 Å². The zero-order valence-corrected chi connectivity index (χ0v) is 9.21. The zero-order valence-electron chi connectivity index (χ0n) is 7.50. The van der Waals surface area contributed by atoms with Gasteiger partial charge in [-0.05, 0) is 24.6 Å². The second kappa shape index (κ2) is 6.13. The van der Waals surface area contributed by atoms with Crippen molar-refractivity contribution >= 4 is 18.3 Å². The highest BCUT2D eigenvalue weighted by Crippen LogP contribution is 2.44. The van der Waals surface area contributed by atoms with Gasteiger partial charge in [-0.15, -0.1) is 0 Å². The molecule has 4 heteroatoms. The Morgan fingerprint density at radius 1 is 1.09 bits per heavy atom. The molecule has 0 N–H and O–H groups in total. The summed E-state index contributed by atoms with van der Waals surface area (Å²) in [5.41, 5.74) is 0. The topological polar surface area (TPSA) is 18.5 Å². The van der Waals surface area contributed by atoms with E-state index in [1.165, 1.54) is 0 Å². The van der Waals surface area contributed by atoms with E-state index >= 15 is 0 Å². The highest BCUT2D eigenvalue weighted by Gasteiger charge is 2.08. The van der Waals surface area contributed by atoms with Gasteiger partial charge in [0.2, 0.25) is 0 Å². The predicted octanol–water partition coefficient (Wildman–Crippen LogP) is 2.78. The lowest BCUT2D eigenvalue weighted by atomic mass is 10.5. The third-order valence-electron chi connectivity index (χ3n) is 1.06. The monoisotopic (exact) mass is 196 g/mol. The summed E-state index contributed by atoms with van der Waals surface area (Å²) in [5.74, 6) is 0. The van der Waals surface area contributed by atoms with Crippen molar-refractivity contribution in [3.8, 4) is 0 Å². The van der Waals surface area contributed by atoms with E-state index in [2.05, 4.69) is 13.8 Å². The van der Waals surface area contributed by atoms with E-state index in [0.29, 0.717) is 0 Å². The van der Waals surface area contributed by atoms with Gasteiger partial charge < -0.3 is 9.05 Å². The maximum Gasteiger partial charge on any atom is 0.185 e. The van der Waals surface area contributed by atoms with Gasteiger partial charge in [-0.25, -0.2) is 0 Å². The lowest BCUT2D eigenvalue weighted by Crippen LogP contribution is -1.95. The van der Waals surface area contributed by atoms with Gasteiger partial charge in [0.25, 0.3) is 0 Å². The van der Waals surface area contributed by atoms with Gasteiger partial charge in [-0.2, -0.15) is 0 Å². The molecule has 0 atom stereocenters. The molecular weight excluding hydrogens is 179 g/mol. The van der Waals surface area contributed by atoms with E-state index in [1.54, 1.807) is 0 Å². The third-order valence-corrected chi connectivity index (χ3v) is 3.00. The molecule has 68 valence electrons. The SMILES string of the molecule is CCCOP(C)(=S)OCCC. The first-order chi connectivity index (χ1) is 5.12. The van der Waals surface area contributed by atoms with Gasteiger partial charge in [0.05, 0.1) is 13.2 Å². The van der Waals surface area contributed by atoms with Crippen molar-refractivity contribution in [1.29, 1.82) is 0 Å². The molecule has 0 saturated carbocycles. The van der Waals surface area contributed by atoms with Crippen LogP contribution in [0.1, 0.15) is 26.7 Å². The highest BCUT2D eigenvalue weighted by molar-refractivity contribution is 8.09. The van der Waals surface area contributed by atoms with Crippen LogP contribution in [0.15, 0.2) is 0 Å². The summed E-state index contributed by atoms with van der Waals surface area (Å²) in [6, 6.07) is 0. The molecule has 0 unspecified atom stereocenters. The molecule has 0 aliphatic heterocycles. The Bertz CT molecular complexity index is 126. The van der Waals surface area contributed by atoms with Crippen LogP contribution in [0.5, 0.6) is 0 Å². The van der Waals surface area contributed by atoms with Crippen molar-refractivity contribution in [2.45, 2.75) is 26.7 Å². The molecule has 2 nitrogen and oxygen atoms in total. The van der Waals surface area contributed by atoms with Crippen LogP contribution < -0.4 is 0 Å². The molecule has 0 aliphatic carbocycles. The third kappa shape index (κ3) is 6.95. The molecule has 0 saturated heterocycles. The average molecular weight is 196 g/mol. The quantitative estimate of drug-likeness (QED) is 0.608. The minimum Gasteiger partial charge on any atom is -0.329 e. The van der Waals surface area contributed by atoms with E-state index in [4.69, 9.17) is 20.9 Å². The van der Waals surface area contributed by atoms with Gasteiger partial charge in [0.1, 0.15) is 0 Å². The van der Waals surface area contributed by atoms with E-state index < -0.39 is 6.49 Å². The fraction of sp³-hybridized carbons (Fsp3) is 1.00. The molecule has 0 aromatic carbocycles. The van der Waals surface area contributed by atoms with Crippen molar-refractivity contribution in [3.05, 3.63) is 0 Å². The summed E-state index contributed by atoms with van der Waals surface area (Å²) in [4.78, 5) is 0. The van der Waals surface area contributed by atoms with Crippen molar-refractivity contribution in [2.75, 3.05) is 19.9 Å². The number of rotatable bonds is 6. The molecule has 0 spiro atoms. The summed E-state index contributed by atoms with van der Waals surface area (Å²) >= 11 is 5.14. The summed E-state index contributed by atoms with van der Waals surface area (Å²) in [5, 5.41) is 0. The van der Waals surface area contributed by atoms with Gasteiger partial charge in [0.15, 0.2) is 6.49 Å². The Kier molecular flexibility index (Phi) is 6.44. The van der Waals surface area contributed by atoms with Gasteiger partial charge >= 0.3 is 0 Å². The second-order valence-corrected chi connectivity index (χ2v) is 6.49. The molecule has 0 amide bonds. The highest BCUT2D eigenvalue weighted by atomic mass is 32.5. The number of hydrogen-bond acceptors (Lipinski definition) is 3. The Balaban J connectivity index is 3.53. The van der Waals surface area contributed by atoms with Crippen LogP contribution in [-0.4, -0.2) is 19.9 Å². The van der Waals surface area contributed by atoms with Gasteiger partial charge in [-0.1, -0.05) is 13.8 Å². The van der Waals surface area contributed by atoms with E-state index in [1.807, 2.05) is 6.66 Å². The van der Waals surface area contributed by atoms with Crippen molar-refractivity contribution in [3.63, 3.8) is 0 Å². The average Bonchev–Trinajstić information content (AvgIpc) is 1.97. The Morgan fingerprint density at radius 2 is 1.45 bits per heavy atom. The summed E-state index contributed by atoms with van der Waals surface area (Å²) < 4.78 is 10.8. The van der Waals surface area contributed by atoms with Crippen LogP contribution in [0.25, 0.3) is 0 Å². The molecule has 0 aliphatic rings. The van der Waals surface area contributed by atoms with Crippen LogP contribution in [0.2, 0.25) is 0 Å². The van der Waals surface area contributed by atoms with Gasteiger partial charge in [0, 0.05) is 6.66 Å². The van der Waals surface area contributed by atoms with E-state index in [9.17, 15) is 0 Å². The minimum absolute atomic E-state index is 0.720. The zero-order chi connectivity index (χ0) is 8.74. The predicted molar refractivity (Wildman–Crippen MR) is 52.7 cm³/mol. The van der Waals surface area contributed by atoms with Crippen molar-refractivity contribution in [1.82, 2.24) is 0 Å². The molecule has 0 radical (unpaired) electrons. The smallest absolute Gasteiger partial charge is 0.185 e. The fourth-order valence-electron chi connectivity index (χ4n) is 0.551. The fourth-order valence-corrected chi connectivity index (χ4v) is 2.10. The minimum atomic E-state index is -1.89. The molecule has 0 aromatic rings. The second-order valence-electron chi connectivity index (χ2n) is 2.44. The largest absolute Gasteiger partial charge is 0.329 e. The molecular formula is C7H17O2PS. The maximum atomic E-state index is 5.38. The number of hydrogen-bond donors (Lipinski definition) is 0. The molecule has 11 heavy (non-hydrogen) atoms. The van der Waals surface area contributed by atoms with E-state index in [0.717, 1.165) is 26.1 Å². The van der Waals surface area contributed by atoms with Crippen molar-refractivity contribution in [2.24, 2.45) is 0 Å². The Hall–Kier alpha value is 0.570. The summed E-state index contributed by atoms with van der Waals surface area (Å²) in [6.45, 7) is 5.56. The van der Waals surface area contributed by atoms with Crippen LogP contribution in [0.3, 0.4) is 0 Å².